The molecule has 0 saturated carbocycles. The second kappa shape index (κ2) is 13.2. The van der Waals surface area contributed by atoms with E-state index in [2.05, 4.69) is 10.3 Å². The molecule has 1 aromatic heterocycles. The van der Waals surface area contributed by atoms with Gasteiger partial charge < -0.3 is 19.7 Å². The van der Waals surface area contributed by atoms with E-state index >= 15 is 0 Å². The Bertz CT molecular complexity index is 701. The Hall–Kier alpha value is 0.396. The van der Waals surface area contributed by atoms with E-state index in [1.54, 1.807) is 18.0 Å². The SMILES string of the molecule is CC.C[N-]Cc1cc(Cl)c(Cl)nc1OC(C)CC1(C)CCN1C(=O)OC(C)(C)C.[K+]. The normalized spacial score (nSPS) is 18.9. The number of nitrogens with zero attached hydrogens (tertiary/aromatic N) is 3. The number of carbonyl (C=O) groups excluding carboxylic acids is 1. The fraction of sp³-hybridized carbons (Fsp3) is 0.714. The van der Waals surface area contributed by atoms with Gasteiger partial charge in [0.05, 0.1) is 11.1 Å². The Morgan fingerprint density at radius 2 is 1.97 bits per heavy atom. The summed E-state index contributed by atoms with van der Waals surface area (Å²) in [5.74, 6) is 0.425. The quantitative estimate of drug-likeness (QED) is 0.456. The second-order valence-corrected chi connectivity index (χ2v) is 8.98. The Morgan fingerprint density at radius 3 is 2.43 bits per heavy atom. The number of carbonyl (C=O) groups is 1. The number of hydrogen-bond donors (Lipinski definition) is 0. The van der Waals surface area contributed by atoms with Crippen LogP contribution in [-0.4, -0.2) is 46.8 Å². The van der Waals surface area contributed by atoms with Crippen LogP contribution in [0.15, 0.2) is 6.07 Å². The summed E-state index contributed by atoms with van der Waals surface area (Å²) in [5, 5.41) is 4.70. The molecule has 2 atom stereocenters. The van der Waals surface area contributed by atoms with Gasteiger partial charge in [-0.3, -0.25) is 0 Å². The van der Waals surface area contributed by atoms with E-state index in [1.807, 2.05) is 48.5 Å². The molecule has 2 heterocycles. The van der Waals surface area contributed by atoms with Crippen LogP contribution in [0.4, 0.5) is 4.79 Å². The van der Waals surface area contributed by atoms with Gasteiger partial charge in [-0.25, -0.2) is 4.79 Å². The average Bonchev–Trinajstić information content (AvgIpc) is 2.58. The molecule has 166 valence electrons. The summed E-state index contributed by atoms with van der Waals surface area (Å²) in [6.45, 7) is 14.7. The number of rotatable bonds is 6. The first-order chi connectivity index (χ1) is 13.4. The molecule has 30 heavy (non-hydrogen) atoms. The molecule has 1 aliphatic heterocycles. The predicted octanol–water partition coefficient (Wildman–Crippen LogP) is 3.48. The number of aromatic nitrogens is 1. The van der Waals surface area contributed by atoms with Gasteiger partial charge in [-0.1, -0.05) is 37.0 Å². The third-order valence-electron chi connectivity index (χ3n) is 4.48. The molecule has 9 heteroatoms. The second-order valence-electron chi connectivity index (χ2n) is 8.21. The van der Waals surface area contributed by atoms with E-state index in [1.165, 1.54) is 0 Å². The first-order valence-corrected chi connectivity index (χ1v) is 10.8. The summed E-state index contributed by atoms with van der Waals surface area (Å²) in [5.41, 5.74) is -0.0487. The summed E-state index contributed by atoms with van der Waals surface area (Å²) in [4.78, 5) is 18.4. The van der Waals surface area contributed by atoms with Crippen molar-refractivity contribution in [1.82, 2.24) is 9.88 Å². The van der Waals surface area contributed by atoms with Crippen LogP contribution in [0.1, 0.15) is 66.9 Å². The van der Waals surface area contributed by atoms with Gasteiger partial charge in [0.15, 0.2) is 5.15 Å². The number of halogens is 2. The molecule has 0 bridgehead atoms. The van der Waals surface area contributed by atoms with Crippen LogP contribution in [0.5, 0.6) is 5.88 Å². The number of likely N-dealkylation sites (tertiary alicyclic amines) is 1. The van der Waals surface area contributed by atoms with E-state index in [-0.39, 0.29) is 74.3 Å². The Labute approximate surface area is 234 Å². The zero-order chi connectivity index (χ0) is 22.4. The van der Waals surface area contributed by atoms with Crippen molar-refractivity contribution in [3.63, 3.8) is 0 Å². The van der Waals surface area contributed by atoms with Crippen LogP contribution < -0.4 is 56.1 Å². The van der Waals surface area contributed by atoms with Crippen LogP contribution in [0.25, 0.3) is 5.32 Å². The maximum atomic E-state index is 12.4. The Kier molecular flexibility index (Phi) is 13.4. The van der Waals surface area contributed by atoms with Crippen molar-refractivity contribution in [2.75, 3.05) is 13.6 Å². The summed E-state index contributed by atoms with van der Waals surface area (Å²) in [7, 11) is 1.71. The van der Waals surface area contributed by atoms with Crippen LogP contribution in [0.2, 0.25) is 10.2 Å². The van der Waals surface area contributed by atoms with Crippen molar-refractivity contribution in [3.05, 3.63) is 27.1 Å². The van der Waals surface area contributed by atoms with Crippen LogP contribution in [0, 0.1) is 0 Å². The molecule has 1 amide bonds. The first kappa shape index (κ1) is 30.4. The number of ether oxygens (including phenoxy) is 2. The van der Waals surface area contributed by atoms with E-state index in [0.717, 1.165) is 12.0 Å². The topological polar surface area (TPSA) is 65.8 Å². The zero-order valence-corrected chi connectivity index (χ0v) is 24.4. The van der Waals surface area contributed by atoms with Gasteiger partial charge in [0, 0.05) is 18.5 Å². The molecule has 0 radical (unpaired) electrons. The van der Waals surface area contributed by atoms with Crippen molar-refractivity contribution in [2.45, 2.75) is 85.1 Å². The van der Waals surface area contributed by atoms with Gasteiger partial charge in [0.1, 0.15) is 5.60 Å². The number of pyridine rings is 1. The molecule has 1 saturated heterocycles. The van der Waals surface area contributed by atoms with Crippen molar-refractivity contribution in [1.29, 1.82) is 0 Å². The van der Waals surface area contributed by atoms with E-state index in [4.69, 9.17) is 32.7 Å². The minimum Gasteiger partial charge on any atom is -0.661 e. The fourth-order valence-electron chi connectivity index (χ4n) is 3.17. The Morgan fingerprint density at radius 1 is 1.37 bits per heavy atom. The molecule has 2 unspecified atom stereocenters. The molecule has 0 aromatic carbocycles. The van der Waals surface area contributed by atoms with Gasteiger partial charge in [-0.15, -0.1) is 6.54 Å². The van der Waals surface area contributed by atoms with Crippen molar-refractivity contribution in [3.8, 4) is 5.88 Å². The summed E-state index contributed by atoms with van der Waals surface area (Å²) >= 11 is 12.1. The molecule has 0 N–H and O–H groups in total. The monoisotopic (exact) mass is 485 g/mol. The van der Waals surface area contributed by atoms with Crippen LogP contribution >= 0.6 is 23.2 Å². The van der Waals surface area contributed by atoms with Crippen LogP contribution in [0.3, 0.4) is 0 Å². The van der Waals surface area contributed by atoms with Crippen molar-refractivity contribution < 1.29 is 65.7 Å². The molecule has 2 rings (SSSR count). The van der Waals surface area contributed by atoms with E-state index in [0.29, 0.717) is 30.4 Å². The number of hydrogen-bond acceptors (Lipinski definition) is 4. The standard InChI is InChI=1S/C19H28Cl2N3O3.C2H6.K/c1-12(26-16-13(11-22-6)9-14(20)15(21)23-16)10-19(5)7-8-24(19)17(25)27-18(2,3)4;1-2;/h9,12H,7-8,10-11H2,1-6H3;1-2H3;/q-1;;+1. The molecule has 1 aromatic rings. The predicted molar refractivity (Wildman–Crippen MR) is 119 cm³/mol. The third-order valence-corrected chi connectivity index (χ3v) is 5.15. The minimum atomic E-state index is -0.516. The molecule has 0 spiro atoms. The van der Waals surface area contributed by atoms with Crippen LogP contribution in [-0.2, 0) is 11.3 Å². The number of amides is 1. The van der Waals surface area contributed by atoms with E-state index < -0.39 is 5.60 Å². The van der Waals surface area contributed by atoms with E-state index in [9.17, 15) is 4.79 Å². The maximum Gasteiger partial charge on any atom is 1.00 e. The van der Waals surface area contributed by atoms with Crippen molar-refractivity contribution in [2.24, 2.45) is 0 Å². The largest absolute Gasteiger partial charge is 1.00 e. The molecular formula is C21H34Cl2KN3O3. The fourth-order valence-corrected chi connectivity index (χ4v) is 3.48. The van der Waals surface area contributed by atoms with Gasteiger partial charge in [-0.05, 0) is 52.7 Å². The molecular weight excluding hydrogens is 452 g/mol. The van der Waals surface area contributed by atoms with Gasteiger partial charge in [0.2, 0.25) is 5.88 Å². The molecule has 1 aliphatic rings. The Balaban J connectivity index is 0.00000272. The summed E-state index contributed by atoms with van der Waals surface area (Å²) < 4.78 is 11.5. The summed E-state index contributed by atoms with van der Waals surface area (Å²) in [6, 6.07) is 1.73. The van der Waals surface area contributed by atoms with Gasteiger partial charge in [0.25, 0.3) is 0 Å². The summed E-state index contributed by atoms with van der Waals surface area (Å²) in [6.07, 6.45) is 1.07. The molecule has 1 fully saturated rings. The van der Waals surface area contributed by atoms with Crippen molar-refractivity contribution >= 4 is 29.3 Å². The van der Waals surface area contributed by atoms with Gasteiger partial charge >= 0.3 is 57.5 Å². The molecule has 6 nitrogen and oxygen atoms in total. The smallest absolute Gasteiger partial charge is 0.661 e. The zero-order valence-electron chi connectivity index (χ0n) is 19.8. The maximum absolute atomic E-state index is 12.4. The minimum absolute atomic E-state index is 0. The third kappa shape index (κ3) is 8.73. The first-order valence-electron chi connectivity index (χ1n) is 10.0. The molecule has 0 aliphatic carbocycles. The van der Waals surface area contributed by atoms with Gasteiger partial charge in [-0.2, -0.15) is 12.0 Å². The average molecular weight is 487 g/mol.